The first-order valence-electron chi connectivity index (χ1n) is 6.13. The Morgan fingerprint density at radius 3 is 2.23 bits per heavy atom. The maximum absolute atomic E-state index is 11.8. The van der Waals surface area contributed by atoms with Crippen molar-refractivity contribution in [2.45, 2.75) is 0 Å². The van der Waals surface area contributed by atoms with E-state index >= 15 is 0 Å². The smallest absolute Gasteiger partial charge is 0.340 e. The van der Waals surface area contributed by atoms with E-state index in [4.69, 9.17) is 39.5 Å². The molecule has 0 aliphatic rings. The highest BCUT2D eigenvalue weighted by Crippen LogP contribution is 2.21. The number of carbonyl (C=O) groups excluding carboxylic acids is 2. The standard InChI is InChI=1S/C15H10Cl3NO3/c16-9-1-4-11(5-2-9)19-14(20)8-22-15(21)12-6-3-10(17)7-13(12)18/h1-7H,8H2,(H,19,20). The lowest BCUT2D eigenvalue weighted by atomic mass is 10.2. The monoisotopic (exact) mass is 357 g/mol. The predicted octanol–water partition coefficient (Wildman–Crippen LogP) is 4.44. The third-order valence-corrected chi connectivity index (χ3v) is 3.41. The molecule has 114 valence electrons. The summed E-state index contributed by atoms with van der Waals surface area (Å²) in [6.07, 6.45) is 0. The molecule has 1 amide bonds. The largest absolute Gasteiger partial charge is 0.452 e. The molecule has 0 bridgehead atoms. The normalized spacial score (nSPS) is 10.1. The quantitative estimate of drug-likeness (QED) is 0.822. The van der Waals surface area contributed by atoms with Crippen LogP contribution in [0.5, 0.6) is 0 Å². The van der Waals surface area contributed by atoms with Crippen molar-refractivity contribution in [3.63, 3.8) is 0 Å². The Kier molecular flexibility index (Phi) is 5.66. The second kappa shape index (κ2) is 7.49. The molecule has 0 aliphatic heterocycles. The molecule has 2 aromatic carbocycles. The Bertz CT molecular complexity index is 702. The average Bonchev–Trinajstić information content (AvgIpc) is 2.47. The molecule has 0 saturated carbocycles. The number of ether oxygens (including phenoxy) is 1. The van der Waals surface area contributed by atoms with Gasteiger partial charge in [-0.3, -0.25) is 4.79 Å². The van der Waals surface area contributed by atoms with Gasteiger partial charge in [0.25, 0.3) is 5.91 Å². The van der Waals surface area contributed by atoms with Crippen molar-refractivity contribution in [3.05, 3.63) is 63.1 Å². The van der Waals surface area contributed by atoms with Gasteiger partial charge in [-0.2, -0.15) is 0 Å². The number of halogens is 3. The van der Waals surface area contributed by atoms with Gasteiger partial charge in [-0.1, -0.05) is 34.8 Å². The summed E-state index contributed by atoms with van der Waals surface area (Å²) in [6.45, 7) is -0.430. The van der Waals surface area contributed by atoms with Crippen LogP contribution in [-0.4, -0.2) is 18.5 Å². The lowest BCUT2D eigenvalue weighted by Gasteiger charge is -2.07. The highest BCUT2D eigenvalue weighted by molar-refractivity contribution is 6.36. The van der Waals surface area contributed by atoms with Gasteiger partial charge in [0.1, 0.15) is 0 Å². The van der Waals surface area contributed by atoms with Gasteiger partial charge in [-0.05, 0) is 42.5 Å². The fourth-order valence-corrected chi connectivity index (χ4v) is 2.21. The van der Waals surface area contributed by atoms with Crippen LogP contribution in [0.4, 0.5) is 5.69 Å². The minimum atomic E-state index is -0.701. The number of carbonyl (C=O) groups is 2. The number of amides is 1. The van der Waals surface area contributed by atoms with E-state index in [-0.39, 0.29) is 10.6 Å². The summed E-state index contributed by atoms with van der Waals surface area (Å²) in [5.74, 6) is -1.17. The number of anilines is 1. The van der Waals surface area contributed by atoms with E-state index in [9.17, 15) is 9.59 Å². The van der Waals surface area contributed by atoms with Gasteiger partial charge in [0.05, 0.1) is 10.6 Å². The van der Waals surface area contributed by atoms with E-state index in [0.29, 0.717) is 15.7 Å². The Morgan fingerprint density at radius 2 is 1.59 bits per heavy atom. The van der Waals surface area contributed by atoms with Crippen molar-refractivity contribution in [2.75, 3.05) is 11.9 Å². The van der Waals surface area contributed by atoms with E-state index in [2.05, 4.69) is 5.32 Å². The lowest BCUT2D eigenvalue weighted by Crippen LogP contribution is -2.21. The van der Waals surface area contributed by atoms with E-state index in [1.54, 1.807) is 24.3 Å². The summed E-state index contributed by atoms with van der Waals surface area (Å²) in [5, 5.41) is 3.70. The van der Waals surface area contributed by atoms with E-state index in [0.717, 1.165) is 0 Å². The second-order valence-electron chi connectivity index (χ2n) is 4.26. The van der Waals surface area contributed by atoms with Crippen LogP contribution in [0.25, 0.3) is 0 Å². The van der Waals surface area contributed by atoms with Gasteiger partial charge in [0.2, 0.25) is 0 Å². The van der Waals surface area contributed by atoms with Crippen LogP contribution in [0, 0.1) is 0 Å². The molecule has 7 heteroatoms. The zero-order chi connectivity index (χ0) is 16.1. The fraction of sp³-hybridized carbons (Fsp3) is 0.0667. The zero-order valence-electron chi connectivity index (χ0n) is 11.1. The van der Waals surface area contributed by atoms with Crippen LogP contribution >= 0.6 is 34.8 Å². The summed E-state index contributed by atoms with van der Waals surface area (Å²) in [4.78, 5) is 23.5. The van der Waals surface area contributed by atoms with Crippen molar-refractivity contribution in [1.82, 2.24) is 0 Å². The Balaban J connectivity index is 1.90. The number of nitrogens with one attached hydrogen (secondary N) is 1. The Morgan fingerprint density at radius 1 is 0.955 bits per heavy atom. The molecule has 22 heavy (non-hydrogen) atoms. The van der Waals surface area contributed by atoms with Gasteiger partial charge in [0.15, 0.2) is 6.61 Å². The van der Waals surface area contributed by atoms with Gasteiger partial charge in [0, 0.05) is 15.7 Å². The summed E-state index contributed by atoms with van der Waals surface area (Å²) < 4.78 is 4.90. The molecule has 0 saturated heterocycles. The molecule has 0 radical (unpaired) electrons. The van der Waals surface area contributed by atoms with Crippen LogP contribution in [0.1, 0.15) is 10.4 Å². The first kappa shape index (κ1) is 16.6. The molecule has 0 unspecified atom stereocenters. The average molecular weight is 359 g/mol. The van der Waals surface area contributed by atoms with E-state index < -0.39 is 18.5 Å². The first-order valence-corrected chi connectivity index (χ1v) is 7.26. The molecule has 0 heterocycles. The molecule has 2 aromatic rings. The molecular formula is C15H10Cl3NO3. The number of benzene rings is 2. The molecule has 0 aromatic heterocycles. The summed E-state index contributed by atoms with van der Waals surface area (Å²) in [6, 6.07) is 10.9. The summed E-state index contributed by atoms with van der Waals surface area (Å²) >= 11 is 17.4. The number of rotatable bonds is 4. The second-order valence-corrected chi connectivity index (χ2v) is 5.54. The molecule has 2 rings (SSSR count). The molecular weight excluding hydrogens is 349 g/mol. The maximum Gasteiger partial charge on any atom is 0.340 e. The van der Waals surface area contributed by atoms with E-state index in [1.165, 1.54) is 18.2 Å². The summed E-state index contributed by atoms with van der Waals surface area (Å²) in [5.41, 5.74) is 0.695. The van der Waals surface area contributed by atoms with Gasteiger partial charge in [-0.15, -0.1) is 0 Å². The van der Waals surface area contributed by atoms with Crippen LogP contribution in [0.15, 0.2) is 42.5 Å². The van der Waals surface area contributed by atoms with Gasteiger partial charge < -0.3 is 10.1 Å². The molecule has 0 spiro atoms. The SMILES string of the molecule is O=C(COC(=O)c1ccc(Cl)cc1Cl)Nc1ccc(Cl)cc1. The fourth-order valence-electron chi connectivity index (χ4n) is 1.59. The van der Waals surface area contributed by atoms with Crippen LogP contribution in [0.2, 0.25) is 15.1 Å². The topological polar surface area (TPSA) is 55.4 Å². The molecule has 0 aliphatic carbocycles. The molecule has 0 atom stereocenters. The van der Waals surface area contributed by atoms with Crippen LogP contribution in [0.3, 0.4) is 0 Å². The number of esters is 1. The number of hydrogen-bond acceptors (Lipinski definition) is 3. The van der Waals surface area contributed by atoms with Crippen molar-refractivity contribution in [1.29, 1.82) is 0 Å². The Labute approximate surface area is 141 Å². The zero-order valence-corrected chi connectivity index (χ0v) is 13.4. The van der Waals surface area contributed by atoms with Gasteiger partial charge in [-0.25, -0.2) is 4.79 Å². The highest BCUT2D eigenvalue weighted by Gasteiger charge is 2.14. The van der Waals surface area contributed by atoms with E-state index in [1.807, 2.05) is 0 Å². The van der Waals surface area contributed by atoms with Gasteiger partial charge >= 0.3 is 5.97 Å². The Hall–Kier alpha value is -1.75. The van der Waals surface area contributed by atoms with Crippen molar-refractivity contribution < 1.29 is 14.3 Å². The first-order chi connectivity index (χ1) is 10.5. The van der Waals surface area contributed by atoms with Crippen LogP contribution < -0.4 is 5.32 Å². The highest BCUT2D eigenvalue weighted by atomic mass is 35.5. The number of hydrogen-bond donors (Lipinski definition) is 1. The van der Waals surface area contributed by atoms with Crippen molar-refractivity contribution in [3.8, 4) is 0 Å². The molecule has 0 fully saturated rings. The van der Waals surface area contributed by atoms with Crippen molar-refractivity contribution in [2.24, 2.45) is 0 Å². The van der Waals surface area contributed by atoms with Crippen molar-refractivity contribution >= 4 is 52.4 Å². The lowest BCUT2D eigenvalue weighted by molar-refractivity contribution is -0.119. The minimum absolute atomic E-state index is 0.144. The molecule has 4 nitrogen and oxygen atoms in total. The summed E-state index contributed by atoms with van der Waals surface area (Å²) in [7, 11) is 0. The predicted molar refractivity (Wildman–Crippen MR) is 86.8 cm³/mol. The maximum atomic E-state index is 11.8. The van der Waals surface area contributed by atoms with Crippen LogP contribution in [-0.2, 0) is 9.53 Å². The molecule has 1 N–H and O–H groups in total. The minimum Gasteiger partial charge on any atom is -0.452 e. The third-order valence-electron chi connectivity index (χ3n) is 2.61. The third kappa shape index (κ3) is 4.63.